The number of hydrogen-bond donors (Lipinski definition) is 1. The van der Waals surface area contributed by atoms with Gasteiger partial charge in [-0.15, -0.1) is 0 Å². The highest BCUT2D eigenvalue weighted by molar-refractivity contribution is 5.90. The number of ether oxygens (including phenoxy) is 1. The Bertz CT molecular complexity index is 877. The van der Waals surface area contributed by atoms with E-state index in [1.807, 2.05) is 0 Å². The number of hydrogen-bond acceptors (Lipinski definition) is 3. The van der Waals surface area contributed by atoms with E-state index in [1.54, 1.807) is 0 Å². The van der Waals surface area contributed by atoms with Gasteiger partial charge in [0, 0.05) is 5.41 Å². The number of oxime groups is 1. The lowest BCUT2D eigenvalue weighted by Gasteiger charge is -2.73. The van der Waals surface area contributed by atoms with Crippen molar-refractivity contribution in [3.63, 3.8) is 0 Å². The first kappa shape index (κ1) is 22.9. The highest BCUT2D eigenvalue weighted by atomic mass is 16.5. The van der Waals surface area contributed by atoms with Crippen LogP contribution in [-0.2, 0) is 4.74 Å². The normalized spacial score (nSPS) is 57.5. The highest BCUT2D eigenvalue weighted by Gasteiger charge is 2.72. The van der Waals surface area contributed by atoms with E-state index in [-0.39, 0.29) is 5.41 Å². The molecule has 0 aromatic carbocycles. The van der Waals surface area contributed by atoms with Gasteiger partial charge in [-0.05, 0) is 115 Å². The van der Waals surface area contributed by atoms with Crippen LogP contribution in [0.3, 0.4) is 0 Å². The third-order valence-electron chi connectivity index (χ3n) is 14.0. The largest absolute Gasteiger partial charge is 0.411 e. The van der Waals surface area contributed by atoms with Gasteiger partial charge in [-0.3, -0.25) is 0 Å². The summed E-state index contributed by atoms with van der Waals surface area (Å²) in [5.74, 6) is 3.02. The van der Waals surface area contributed by atoms with Crippen LogP contribution < -0.4 is 0 Å². The van der Waals surface area contributed by atoms with Crippen LogP contribution in [0.4, 0.5) is 0 Å². The second kappa shape index (κ2) is 6.60. The van der Waals surface area contributed by atoms with Crippen LogP contribution in [-0.4, -0.2) is 23.6 Å². The van der Waals surface area contributed by atoms with Crippen LogP contribution in [0.15, 0.2) is 5.16 Å². The molecule has 0 aromatic heterocycles. The molecule has 3 heteroatoms. The molecule has 1 saturated heterocycles. The van der Waals surface area contributed by atoms with Gasteiger partial charge in [-0.25, -0.2) is 0 Å². The summed E-state index contributed by atoms with van der Waals surface area (Å²) in [7, 11) is 0. The molecule has 5 saturated carbocycles. The Kier molecular flexibility index (Phi) is 4.57. The van der Waals surface area contributed by atoms with Gasteiger partial charge in [-0.1, -0.05) is 53.6 Å². The molecule has 33 heavy (non-hydrogen) atoms. The lowest BCUT2D eigenvalue weighted by molar-refractivity contribution is -0.235. The number of nitrogens with zero attached hydrogens (tertiary/aromatic N) is 1. The van der Waals surface area contributed by atoms with Gasteiger partial charge in [0.05, 0.1) is 18.4 Å². The van der Waals surface area contributed by atoms with E-state index in [0.717, 1.165) is 36.5 Å². The van der Waals surface area contributed by atoms with E-state index in [4.69, 9.17) is 4.74 Å². The minimum atomic E-state index is 0.0117. The molecule has 2 bridgehead atoms. The molecule has 0 unspecified atom stereocenters. The summed E-state index contributed by atoms with van der Waals surface area (Å²) in [6.07, 6.45) is 13.6. The van der Waals surface area contributed by atoms with Gasteiger partial charge in [-0.2, -0.15) is 0 Å². The highest BCUT2D eigenvalue weighted by Crippen LogP contribution is 2.77. The van der Waals surface area contributed by atoms with E-state index in [9.17, 15) is 5.21 Å². The van der Waals surface area contributed by atoms with Gasteiger partial charge in [0.15, 0.2) is 0 Å². The lowest BCUT2D eigenvalue weighted by atomic mass is 9.31. The summed E-state index contributed by atoms with van der Waals surface area (Å²) in [5.41, 5.74) is 3.06. The minimum Gasteiger partial charge on any atom is -0.411 e. The monoisotopic (exact) mass is 455 g/mol. The standard InChI is InChI=1S/C30H49NO2/c1-25(2)14-16-30-17-15-28(6)19(23(30)24(25)33-18-30)8-9-21-27(5)12-11-22(31-32)26(3,4)20(27)10-13-29(21,28)7/h19-21,23-24,32H,8-18H2,1-7H3/b31-22-/t19-,20-,21-,23-,24-,27+,28-,29-,30+/m1/s1. The van der Waals surface area contributed by atoms with Crippen molar-refractivity contribution in [2.45, 2.75) is 119 Å². The van der Waals surface area contributed by atoms with Crippen LogP contribution >= 0.6 is 0 Å². The molecular weight excluding hydrogens is 406 g/mol. The molecular formula is C30H49NO2. The summed E-state index contributed by atoms with van der Waals surface area (Å²) in [5, 5.41) is 13.6. The van der Waals surface area contributed by atoms with E-state index in [1.165, 1.54) is 57.8 Å². The van der Waals surface area contributed by atoms with Crippen molar-refractivity contribution in [1.29, 1.82) is 0 Å². The quantitative estimate of drug-likeness (QED) is 0.300. The smallest absolute Gasteiger partial charge is 0.0663 e. The minimum absolute atomic E-state index is 0.0117. The van der Waals surface area contributed by atoms with Crippen molar-refractivity contribution < 1.29 is 9.94 Å². The number of rotatable bonds is 0. The van der Waals surface area contributed by atoms with E-state index < -0.39 is 0 Å². The van der Waals surface area contributed by atoms with E-state index in [2.05, 4.69) is 53.6 Å². The van der Waals surface area contributed by atoms with Crippen molar-refractivity contribution in [2.24, 2.45) is 61.3 Å². The summed E-state index contributed by atoms with van der Waals surface area (Å²) in [6.45, 7) is 18.8. The fourth-order valence-electron chi connectivity index (χ4n) is 12.0. The topological polar surface area (TPSA) is 41.8 Å². The third kappa shape index (κ3) is 2.54. The Balaban J connectivity index is 1.39. The SMILES string of the molecule is CC1(C)CC[C@@]23CC[C@]4(C)[C@H](CC[C@@H]5[C@@]6(C)CC/C(=N/O)C(C)(C)[C@H]6CC[C@]54C)[C@@H]2[C@H]1OC3. The molecule has 1 heterocycles. The Labute approximate surface area is 202 Å². The van der Waals surface area contributed by atoms with Crippen molar-refractivity contribution in [1.82, 2.24) is 0 Å². The van der Waals surface area contributed by atoms with Crippen molar-refractivity contribution in [2.75, 3.05) is 6.61 Å². The molecule has 1 aliphatic heterocycles. The molecule has 3 nitrogen and oxygen atoms in total. The molecule has 0 spiro atoms. The van der Waals surface area contributed by atoms with Crippen LogP contribution in [0.25, 0.3) is 0 Å². The molecule has 186 valence electrons. The zero-order valence-corrected chi connectivity index (χ0v) is 22.5. The maximum atomic E-state index is 9.76. The first-order valence-corrected chi connectivity index (χ1v) is 14.2. The first-order chi connectivity index (χ1) is 15.4. The molecule has 1 N–H and O–H groups in total. The van der Waals surface area contributed by atoms with Gasteiger partial charge in [0.25, 0.3) is 0 Å². The van der Waals surface area contributed by atoms with Gasteiger partial charge in [0.1, 0.15) is 0 Å². The van der Waals surface area contributed by atoms with E-state index >= 15 is 0 Å². The fourth-order valence-corrected chi connectivity index (χ4v) is 12.0. The summed E-state index contributed by atoms with van der Waals surface area (Å²) >= 11 is 0. The number of fused-ring (bicyclic) bond motifs is 5. The zero-order valence-electron chi connectivity index (χ0n) is 22.5. The molecule has 0 amide bonds. The predicted molar refractivity (Wildman–Crippen MR) is 133 cm³/mol. The van der Waals surface area contributed by atoms with Crippen molar-refractivity contribution >= 4 is 5.71 Å². The van der Waals surface area contributed by atoms with Crippen LogP contribution in [0.2, 0.25) is 0 Å². The Morgan fingerprint density at radius 1 is 0.788 bits per heavy atom. The lowest BCUT2D eigenvalue weighted by Crippen LogP contribution is -2.67. The fraction of sp³-hybridized carbons (Fsp3) is 0.967. The predicted octanol–water partition coefficient (Wildman–Crippen LogP) is 7.71. The molecule has 9 atom stereocenters. The second-order valence-electron chi connectivity index (χ2n) is 15.5. The van der Waals surface area contributed by atoms with Gasteiger partial charge < -0.3 is 9.94 Å². The van der Waals surface area contributed by atoms with Gasteiger partial charge in [0.2, 0.25) is 0 Å². The Morgan fingerprint density at radius 3 is 2.24 bits per heavy atom. The average Bonchev–Trinajstić information content (AvgIpc) is 3.07. The summed E-state index contributed by atoms with van der Waals surface area (Å²) in [6, 6.07) is 0. The first-order valence-electron chi connectivity index (χ1n) is 14.2. The van der Waals surface area contributed by atoms with Crippen LogP contribution in [0.5, 0.6) is 0 Å². The summed E-state index contributed by atoms with van der Waals surface area (Å²) in [4.78, 5) is 0. The van der Waals surface area contributed by atoms with Crippen LogP contribution in [0.1, 0.15) is 113 Å². The third-order valence-corrected chi connectivity index (χ3v) is 14.0. The molecule has 5 aliphatic carbocycles. The molecule has 0 aromatic rings. The molecule has 6 fully saturated rings. The molecule has 0 radical (unpaired) electrons. The maximum Gasteiger partial charge on any atom is 0.0663 e. The van der Waals surface area contributed by atoms with E-state index in [0.29, 0.717) is 39.1 Å². The van der Waals surface area contributed by atoms with Crippen molar-refractivity contribution in [3.8, 4) is 0 Å². The second-order valence-corrected chi connectivity index (χ2v) is 15.5. The zero-order chi connectivity index (χ0) is 23.7. The summed E-state index contributed by atoms with van der Waals surface area (Å²) < 4.78 is 6.71. The average molecular weight is 456 g/mol. The molecule has 6 rings (SSSR count). The maximum absolute atomic E-state index is 9.76. The Hall–Kier alpha value is -0.570. The van der Waals surface area contributed by atoms with Crippen molar-refractivity contribution in [3.05, 3.63) is 0 Å². The van der Waals surface area contributed by atoms with Crippen LogP contribution in [0, 0.1) is 56.2 Å². The van der Waals surface area contributed by atoms with Gasteiger partial charge >= 0.3 is 0 Å². The Morgan fingerprint density at radius 2 is 1.52 bits per heavy atom. The molecule has 6 aliphatic rings.